The Hall–Kier alpha value is -1.25. The molecule has 0 aliphatic heterocycles. The molecule has 1 heterocycles. The molecular weight excluding hydrogens is 202 g/mol. The molecule has 90 valence electrons. The lowest BCUT2D eigenvalue weighted by molar-refractivity contribution is -0.120. The standard InChI is InChI=1S/C13H21NO2/c1-10(15)14-12(13(2,3)4)8-7-11-6-5-9-16-11/h5-6,9,12H,7-8H2,1-4H3,(H,14,15). The molecule has 3 heteroatoms. The Morgan fingerprint density at radius 3 is 2.62 bits per heavy atom. The fourth-order valence-electron chi connectivity index (χ4n) is 1.71. The Kier molecular flexibility index (Phi) is 4.16. The summed E-state index contributed by atoms with van der Waals surface area (Å²) in [7, 11) is 0. The molecule has 1 atom stereocenters. The number of hydrogen-bond acceptors (Lipinski definition) is 2. The SMILES string of the molecule is CC(=O)NC(CCc1ccco1)C(C)(C)C. The molecule has 0 radical (unpaired) electrons. The zero-order valence-corrected chi connectivity index (χ0v) is 10.5. The molecule has 0 saturated carbocycles. The van der Waals surface area contributed by atoms with Crippen LogP contribution >= 0.6 is 0 Å². The Morgan fingerprint density at radius 1 is 1.50 bits per heavy atom. The summed E-state index contributed by atoms with van der Waals surface area (Å²) in [4.78, 5) is 11.1. The highest BCUT2D eigenvalue weighted by atomic mass is 16.3. The number of nitrogens with one attached hydrogen (secondary N) is 1. The van der Waals surface area contributed by atoms with Crippen LogP contribution in [-0.2, 0) is 11.2 Å². The summed E-state index contributed by atoms with van der Waals surface area (Å²) >= 11 is 0. The van der Waals surface area contributed by atoms with Crippen LogP contribution in [-0.4, -0.2) is 11.9 Å². The average Bonchev–Trinajstić information content (AvgIpc) is 2.62. The van der Waals surface area contributed by atoms with Gasteiger partial charge in [0.2, 0.25) is 5.91 Å². The third kappa shape index (κ3) is 4.09. The molecule has 0 fully saturated rings. The van der Waals surface area contributed by atoms with Crippen LogP contribution in [0.25, 0.3) is 0 Å². The summed E-state index contributed by atoms with van der Waals surface area (Å²) in [6.45, 7) is 7.97. The van der Waals surface area contributed by atoms with E-state index in [2.05, 4.69) is 26.1 Å². The zero-order chi connectivity index (χ0) is 12.2. The predicted molar refractivity (Wildman–Crippen MR) is 64.1 cm³/mol. The van der Waals surface area contributed by atoms with Crippen molar-refractivity contribution in [3.63, 3.8) is 0 Å². The minimum Gasteiger partial charge on any atom is -0.469 e. The van der Waals surface area contributed by atoms with Crippen molar-refractivity contribution in [1.82, 2.24) is 5.32 Å². The maximum absolute atomic E-state index is 11.1. The third-order valence-corrected chi connectivity index (χ3v) is 2.68. The van der Waals surface area contributed by atoms with Crippen LogP contribution < -0.4 is 5.32 Å². The maximum atomic E-state index is 11.1. The lowest BCUT2D eigenvalue weighted by atomic mass is 9.84. The van der Waals surface area contributed by atoms with Crippen LogP contribution in [0, 0.1) is 5.41 Å². The molecular formula is C13H21NO2. The number of carbonyl (C=O) groups excluding carboxylic acids is 1. The molecule has 0 bridgehead atoms. The van der Waals surface area contributed by atoms with Gasteiger partial charge in [0, 0.05) is 19.4 Å². The van der Waals surface area contributed by atoms with E-state index < -0.39 is 0 Å². The van der Waals surface area contributed by atoms with Crippen LogP contribution in [0.2, 0.25) is 0 Å². The van der Waals surface area contributed by atoms with Crippen molar-refractivity contribution in [3.05, 3.63) is 24.2 Å². The molecule has 0 aliphatic rings. The normalized spacial score (nSPS) is 13.5. The lowest BCUT2D eigenvalue weighted by Gasteiger charge is -2.31. The van der Waals surface area contributed by atoms with Gasteiger partial charge in [0.1, 0.15) is 5.76 Å². The van der Waals surface area contributed by atoms with E-state index in [1.165, 1.54) is 0 Å². The molecule has 0 aliphatic carbocycles. The summed E-state index contributed by atoms with van der Waals surface area (Å²) in [5.41, 5.74) is 0.0677. The quantitative estimate of drug-likeness (QED) is 0.852. The van der Waals surface area contributed by atoms with Crippen LogP contribution in [0.1, 0.15) is 39.9 Å². The second-order valence-corrected chi connectivity index (χ2v) is 5.24. The zero-order valence-electron chi connectivity index (χ0n) is 10.5. The first kappa shape index (κ1) is 12.8. The van der Waals surface area contributed by atoms with Crippen molar-refractivity contribution in [2.75, 3.05) is 0 Å². The fourth-order valence-corrected chi connectivity index (χ4v) is 1.71. The Balaban J connectivity index is 2.54. The Morgan fingerprint density at radius 2 is 2.19 bits per heavy atom. The van der Waals surface area contributed by atoms with Crippen molar-refractivity contribution < 1.29 is 9.21 Å². The molecule has 1 aromatic heterocycles. The summed E-state index contributed by atoms with van der Waals surface area (Å²) in [5, 5.41) is 3.00. The first-order valence-corrected chi connectivity index (χ1v) is 5.69. The van der Waals surface area contributed by atoms with E-state index >= 15 is 0 Å². The molecule has 0 saturated heterocycles. The monoisotopic (exact) mass is 223 g/mol. The molecule has 1 amide bonds. The van der Waals surface area contributed by atoms with Gasteiger partial charge in [0.05, 0.1) is 6.26 Å². The van der Waals surface area contributed by atoms with Gasteiger partial charge < -0.3 is 9.73 Å². The summed E-state index contributed by atoms with van der Waals surface area (Å²) in [5.74, 6) is 0.999. The molecule has 16 heavy (non-hydrogen) atoms. The van der Waals surface area contributed by atoms with E-state index in [1.54, 1.807) is 13.2 Å². The van der Waals surface area contributed by atoms with Gasteiger partial charge in [-0.15, -0.1) is 0 Å². The third-order valence-electron chi connectivity index (χ3n) is 2.68. The molecule has 1 rings (SSSR count). The van der Waals surface area contributed by atoms with Crippen molar-refractivity contribution >= 4 is 5.91 Å². The van der Waals surface area contributed by atoms with E-state index in [1.807, 2.05) is 12.1 Å². The smallest absolute Gasteiger partial charge is 0.217 e. The van der Waals surface area contributed by atoms with Crippen LogP contribution in [0.3, 0.4) is 0 Å². The fraction of sp³-hybridized carbons (Fsp3) is 0.615. The van der Waals surface area contributed by atoms with Gasteiger partial charge in [-0.2, -0.15) is 0 Å². The Labute approximate surface area is 97.2 Å². The number of furan rings is 1. The number of aryl methyl sites for hydroxylation is 1. The molecule has 1 aromatic rings. The topological polar surface area (TPSA) is 42.2 Å². The molecule has 0 spiro atoms. The van der Waals surface area contributed by atoms with Gasteiger partial charge in [0.15, 0.2) is 0 Å². The summed E-state index contributed by atoms with van der Waals surface area (Å²) < 4.78 is 5.29. The van der Waals surface area contributed by atoms with E-state index in [9.17, 15) is 4.79 Å². The average molecular weight is 223 g/mol. The van der Waals surface area contributed by atoms with Gasteiger partial charge in [-0.3, -0.25) is 4.79 Å². The van der Waals surface area contributed by atoms with Crippen LogP contribution in [0.5, 0.6) is 0 Å². The van der Waals surface area contributed by atoms with E-state index in [0.717, 1.165) is 18.6 Å². The largest absolute Gasteiger partial charge is 0.469 e. The van der Waals surface area contributed by atoms with E-state index in [-0.39, 0.29) is 17.4 Å². The lowest BCUT2D eigenvalue weighted by Crippen LogP contribution is -2.43. The van der Waals surface area contributed by atoms with Crippen molar-refractivity contribution in [2.24, 2.45) is 5.41 Å². The highest BCUT2D eigenvalue weighted by molar-refractivity contribution is 5.73. The maximum Gasteiger partial charge on any atom is 0.217 e. The first-order chi connectivity index (χ1) is 7.39. The summed E-state index contributed by atoms with van der Waals surface area (Å²) in [6, 6.07) is 4.03. The number of amides is 1. The van der Waals surface area contributed by atoms with Gasteiger partial charge in [-0.25, -0.2) is 0 Å². The van der Waals surface area contributed by atoms with Crippen molar-refractivity contribution in [3.8, 4) is 0 Å². The van der Waals surface area contributed by atoms with E-state index in [0.29, 0.717) is 0 Å². The van der Waals surface area contributed by atoms with Gasteiger partial charge >= 0.3 is 0 Å². The second kappa shape index (κ2) is 5.19. The molecule has 1 N–H and O–H groups in total. The minimum absolute atomic E-state index is 0.0272. The molecule has 3 nitrogen and oxygen atoms in total. The second-order valence-electron chi connectivity index (χ2n) is 5.24. The number of hydrogen-bond donors (Lipinski definition) is 1. The molecule has 1 unspecified atom stereocenters. The van der Waals surface area contributed by atoms with Crippen molar-refractivity contribution in [2.45, 2.75) is 46.6 Å². The predicted octanol–water partition coefficient (Wildman–Crippen LogP) is 2.76. The summed E-state index contributed by atoms with van der Waals surface area (Å²) in [6.07, 6.45) is 3.44. The van der Waals surface area contributed by atoms with Gasteiger partial charge in [-0.1, -0.05) is 20.8 Å². The number of carbonyl (C=O) groups is 1. The highest BCUT2D eigenvalue weighted by Crippen LogP contribution is 2.23. The van der Waals surface area contributed by atoms with Crippen molar-refractivity contribution in [1.29, 1.82) is 0 Å². The van der Waals surface area contributed by atoms with E-state index in [4.69, 9.17) is 4.42 Å². The number of rotatable bonds is 4. The first-order valence-electron chi connectivity index (χ1n) is 5.69. The van der Waals surface area contributed by atoms with Gasteiger partial charge in [0.25, 0.3) is 0 Å². The minimum atomic E-state index is 0.0272. The highest BCUT2D eigenvalue weighted by Gasteiger charge is 2.25. The van der Waals surface area contributed by atoms with Crippen LogP contribution in [0.4, 0.5) is 0 Å². The Bertz CT molecular complexity index is 322. The van der Waals surface area contributed by atoms with Crippen LogP contribution in [0.15, 0.2) is 22.8 Å². The van der Waals surface area contributed by atoms with Gasteiger partial charge in [-0.05, 0) is 24.0 Å². The molecule has 0 aromatic carbocycles.